The molecule has 0 spiro atoms. The second-order valence-electron chi connectivity index (χ2n) is 8.36. The van der Waals surface area contributed by atoms with Gasteiger partial charge in [-0.25, -0.2) is 0 Å². The van der Waals surface area contributed by atoms with Crippen molar-refractivity contribution in [3.63, 3.8) is 0 Å². The van der Waals surface area contributed by atoms with Crippen molar-refractivity contribution in [2.24, 2.45) is 0 Å². The van der Waals surface area contributed by atoms with Gasteiger partial charge in [-0.1, -0.05) is 0 Å². The zero-order valence-electron chi connectivity index (χ0n) is 14.1. The molecule has 0 saturated carbocycles. The summed E-state index contributed by atoms with van der Waals surface area (Å²) in [5, 5.41) is 0. The highest BCUT2D eigenvalue weighted by atomic mass is 127. The van der Waals surface area contributed by atoms with E-state index in [9.17, 15) is 0 Å². The Bertz CT molecular complexity index is 307. The van der Waals surface area contributed by atoms with Crippen LogP contribution in [0.4, 0.5) is 0 Å². The van der Waals surface area contributed by atoms with E-state index in [1.807, 2.05) is 0 Å². The number of nitrogens with zero attached hydrogens (tertiary/aromatic N) is 2. The van der Waals surface area contributed by atoms with Crippen molar-refractivity contribution in [1.82, 2.24) is 0 Å². The molecule has 0 aromatic rings. The first-order valence-electron chi connectivity index (χ1n) is 9.55. The number of rotatable bonds is 5. The van der Waals surface area contributed by atoms with Crippen LogP contribution in [0.2, 0.25) is 0 Å². The molecule has 0 aromatic heterocycles. The third-order valence-electron chi connectivity index (χ3n) is 7.57. The molecule has 0 aromatic carbocycles. The largest absolute Gasteiger partial charge is 1.00 e. The molecule has 0 aliphatic carbocycles. The molecule has 130 valence electrons. The number of unbranched alkanes of at least 4 members (excludes halogenated alkanes) is 1. The first-order valence-corrected chi connectivity index (χ1v) is 9.55. The lowest BCUT2D eigenvalue weighted by molar-refractivity contribution is -0.933. The maximum atomic E-state index is 1.55. The van der Waals surface area contributed by atoms with Gasteiger partial charge in [-0.05, 0) is 0 Å². The highest BCUT2D eigenvalue weighted by Gasteiger charge is 2.46. The quantitative estimate of drug-likeness (QED) is 0.206. The highest BCUT2D eigenvalue weighted by molar-refractivity contribution is 4.76. The Morgan fingerprint density at radius 1 is 0.545 bits per heavy atom. The normalized spacial score (nSPS) is 42.5. The van der Waals surface area contributed by atoms with Gasteiger partial charge in [-0.2, -0.15) is 0 Å². The average molecular weight is 532 g/mol. The smallest absolute Gasteiger partial charge is 0.0894 e. The van der Waals surface area contributed by atoms with Crippen molar-refractivity contribution >= 4 is 0 Å². The third kappa shape index (κ3) is 3.50. The Kier molecular flexibility index (Phi) is 7.32. The van der Waals surface area contributed by atoms with E-state index >= 15 is 0 Å². The van der Waals surface area contributed by atoms with Gasteiger partial charge in [0.1, 0.15) is 0 Å². The molecule has 22 heavy (non-hydrogen) atoms. The van der Waals surface area contributed by atoms with Crippen LogP contribution < -0.4 is 48.0 Å². The van der Waals surface area contributed by atoms with Gasteiger partial charge in [0.25, 0.3) is 0 Å². The molecular weight excluding hydrogens is 498 g/mol. The summed E-state index contributed by atoms with van der Waals surface area (Å²) in [5.74, 6) is 0. The van der Waals surface area contributed by atoms with Gasteiger partial charge < -0.3 is 56.9 Å². The minimum atomic E-state index is 0. The summed E-state index contributed by atoms with van der Waals surface area (Å²) in [6.07, 6.45) is 15.3. The molecule has 4 fully saturated rings. The van der Waals surface area contributed by atoms with Crippen LogP contribution in [0, 0.1) is 0 Å². The highest BCUT2D eigenvalue weighted by Crippen LogP contribution is 2.38. The van der Waals surface area contributed by atoms with Gasteiger partial charge in [0, 0.05) is 64.2 Å². The summed E-state index contributed by atoms with van der Waals surface area (Å²) >= 11 is 0. The first kappa shape index (κ1) is 19.7. The molecule has 4 saturated heterocycles. The molecule has 0 N–H and O–H groups in total. The first-order chi connectivity index (χ1) is 9.83. The second-order valence-corrected chi connectivity index (χ2v) is 8.36. The lowest BCUT2D eigenvalue weighted by Gasteiger charge is -2.37. The molecule has 4 rings (SSSR count). The average Bonchev–Trinajstić information content (AvgIpc) is 3.13. The number of halogens is 2. The van der Waals surface area contributed by atoms with E-state index in [4.69, 9.17) is 0 Å². The Hall–Kier alpha value is 1.38. The van der Waals surface area contributed by atoms with E-state index in [-0.39, 0.29) is 48.0 Å². The molecule has 0 bridgehead atoms. The molecule has 4 heterocycles. The Balaban J connectivity index is 0.000000882. The topological polar surface area (TPSA) is 0 Å². The van der Waals surface area contributed by atoms with Crippen molar-refractivity contribution in [2.45, 2.75) is 76.3 Å². The van der Waals surface area contributed by atoms with Crippen molar-refractivity contribution in [3.8, 4) is 0 Å². The van der Waals surface area contributed by atoms with Crippen molar-refractivity contribution in [1.29, 1.82) is 0 Å². The van der Waals surface area contributed by atoms with Crippen LogP contribution in [0.5, 0.6) is 0 Å². The van der Waals surface area contributed by atoms with Gasteiger partial charge in [0.15, 0.2) is 0 Å². The summed E-state index contributed by atoms with van der Waals surface area (Å²) in [6, 6.07) is 2.15. The minimum absolute atomic E-state index is 0. The van der Waals surface area contributed by atoms with Gasteiger partial charge in [0.2, 0.25) is 0 Å². The summed E-state index contributed by atoms with van der Waals surface area (Å²) in [7, 11) is 0. The number of quaternary nitrogens is 2. The molecule has 0 amide bonds. The standard InChI is InChI=1S/C18H34N2.2HI/c1(11-19-13-3-7-17(19)8-4-14-19)2-12-20-15-5-9-18(20)10-6-16-20;;/h17-18H,1-16H2;2*1H/q+2;;/p-2. The van der Waals surface area contributed by atoms with Crippen LogP contribution in [0.1, 0.15) is 64.2 Å². The summed E-state index contributed by atoms with van der Waals surface area (Å²) in [5.41, 5.74) is 0. The van der Waals surface area contributed by atoms with E-state index in [0.717, 1.165) is 12.1 Å². The zero-order chi connectivity index (χ0) is 13.5. The van der Waals surface area contributed by atoms with Crippen molar-refractivity contribution < 1.29 is 56.9 Å². The van der Waals surface area contributed by atoms with Crippen LogP contribution in [-0.4, -0.2) is 60.3 Å². The Labute approximate surface area is 171 Å². The van der Waals surface area contributed by atoms with E-state index < -0.39 is 0 Å². The molecule has 0 atom stereocenters. The van der Waals surface area contributed by atoms with Gasteiger partial charge >= 0.3 is 0 Å². The zero-order valence-corrected chi connectivity index (χ0v) is 18.4. The van der Waals surface area contributed by atoms with E-state index in [2.05, 4.69) is 0 Å². The van der Waals surface area contributed by atoms with E-state index in [0.29, 0.717) is 0 Å². The molecule has 4 aliphatic rings. The van der Waals surface area contributed by atoms with Crippen molar-refractivity contribution in [2.75, 3.05) is 39.3 Å². The second kappa shape index (κ2) is 8.17. The summed E-state index contributed by atoms with van der Waals surface area (Å²) in [6.45, 7) is 9.13. The van der Waals surface area contributed by atoms with Crippen LogP contribution in [0.25, 0.3) is 0 Å². The fraction of sp³-hybridized carbons (Fsp3) is 1.00. The maximum Gasteiger partial charge on any atom is 0.0894 e. The molecule has 0 radical (unpaired) electrons. The molecular formula is C18H34I2N2. The monoisotopic (exact) mass is 532 g/mol. The Morgan fingerprint density at radius 2 is 0.864 bits per heavy atom. The molecule has 4 aliphatic heterocycles. The lowest BCUT2D eigenvalue weighted by atomic mass is 10.1. The molecule has 2 nitrogen and oxygen atoms in total. The van der Waals surface area contributed by atoms with Crippen LogP contribution in [0.15, 0.2) is 0 Å². The summed E-state index contributed by atoms with van der Waals surface area (Å²) in [4.78, 5) is 0. The number of hydrogen-bond acceptors (Lipinski definition) is 0. The third-order valence-corrected chi connectivity index (χ3v) is 7.57. The summed E-state index contributed by atoms with van der Waals surface area (Å²) < 4.78 is 3.09. The van der Waals surface area contributed by atoms with Crippen molar-refractivity contribution in [3.05, 3.63) is 0 Å². The van der Waals surface area contributed by atoms with Gasteiger partial charge in [0.05, 0.1) is 51.4 Å². The maximum absolute atomic E-state index is 1.55. The van der Waals surface area contributed by atoms with Gasteiger partial charge in [-0.15, -0.1) is 0 Å². The van der Waals surface area contributed by atoms with E-state index in [1.165, 1.54) is 77.8 Å². The van der Waals surface area contributed by atoms with E-state index in [1.54, 1.807) is 34.6 Å². The van der Waals surface area contributed by atoms with Gasteiger partial charge in [-0.3, -0.25) is 0 Å². The predicted molar refractivity (Wildman–Crippen MR) is 83.5 cm³/mol. The van der Waals surface area contributed by atoms with Crippen LogP contribution in [-0.2, 0) is 0 Å². The predicted octanol–water partition coefficient (Wildman–Crippen LogP) is -2.68. The fourth-order valence-corrected chi connectivity index (χ4v) is 6.57. The fourth-order valence-electron chi connectivity index (χ4n) is 6.57. The lowest BCUT2D eigenvalue weighted by Crippen LogP contribution is -3.00. The SMILES string of the molecule is C(CC[N+]12CCCC1CCC2)C[N+]12CCCC1CCC2.[I-].[I-]. The molecule has 0 unspecified atom stereocenters. The van der Waals surface area contributed by atoms with Crippen LogP contribution in [0.3, 0.4) is 0 Å². The molecule has 4 heteroatoms. The number of fused-ring (bicyclic) bond motifs is 2. The Morgan fingerprint density at radius 3 is 1.18 bits per heavy atom. The minimum Gasteiger partial charge on any atom is -1.00 e. The van der Waals surface area contributed by atoms with Crippen LogP contribution >= 0.6 is 0 Å². The number of hydrogen-bond donors (Lipinski definition) is 0.